The molecule has 0 bridgehead atoms. The summed E-state index contributed by atoms with van der Waals surface area (Å²) in [5.74, 6) is 0.428. The van der Waals surface area contributed by atoms with Gasteiger partial charge in [-0.1, -0.05) is 58.3 Å². The average molecular weight is 361 g/mol. The lowest BCUT2D eigenvalue weighted by atomic mass is 9.91. The van der Waals surface area contributed by atoms with Crippen LogP contribution in [0.4, 0.5) is 0 Å². The Bertz CT molecular complexity index is 322. The Morgan fingerprint density at radius 3 is 2.42 bits per heavy atom. The standard InChI is InChI=1S/C20H37ClO3/c1-3-4-5-10-13-18-15-19(21)17(16-24-18)12-9-7-6-8-11-14-20(22)23-2/h17-19H,3-16H2,1-2H3. The van der Waals surface area contributed by atoms with Gasteiger partial charge in [0.1, 0.15) is 0 Å². The zero-order valence-electron chi connectivity index (χ0n) is 15.7. The number of hydrogen-bond donors (Lipinski definition) is 0. The number of esters is 1. The van der Waals surface area contributed by atoms with Crippen LogP contribution in [0.15, 0.2) is 0 Å². The third-order valence-corrected chi connectivity index (χ3v) is 5.64. The molecular weight excluding hydrogens is 324 g/mol. The second-order valence-electron chi connectivity index (χ2n) is 7.20. The molecule has 0 aromatic carbocycles. The Balaban J connectivity index is 2.00. The third kappa shape index (κ3) is 9.88. The highest BCUT2D eigenvalue weighted by atomic mass is 35.5. The van der Waals surface area contributed by atoms with Crippen molar-refractivity contribution < 1.29 is 14.3 Å². The van der Waals surface area contributed by atoms with Gasteiger partial charge in [-0.3, -0.25) is 4.79 Å². The SMILES string of the molecule is CCCCCCC1CC(Cl)C(CCCCCCCC(=O)OC)CO1. The van der Waals surface area contributed by atoms with Crippen molar-refractivity contribution in [3.05, 3.63) is 0 Å². The summed E-state index contributed by atoms with van der Waals surface area (Å²) in [6.07, 6.45) is 15.2. The fourth-order valence-electron chi connectivity index (χ4n) is 3.45. The Labute approximate surface area is 153 Å². The molecule has 3 unspecified atom stereocenters. The summed E-state index contributed by atoms with van der Waals surface area (Å²) in [4.78, 5) is 11.0. The minimum atomic E-state index is -0.0939. The molecule has 1 aliphatic heterocycles. The maximum Gasteiger partial charge on any atom is 0.305 e. The highest BCUT2D eigenvalue weighted by molar-refractivity contribution is 6.20. The lowest BCUT2D eigenvalue weighted by Crippen LogP contribution is -2.34. The Hall–Kier alpha value is -0.280. The molecule has 0 spiro atoms. The molecule has 0 aromatic heterocycles. The highest BCUT2D eigenvalue weighted by Crippen LogP contribution is 2.30. The summed E-state index contributed by atoms with van der Waals surface area (Å²) >= 11 is 6.60. The predicted octanol–water partition coefficient (Wildman–Crippen LogP) is 5.87. The number of methoxy groups -OCH3 is 1. The monoisotopic (exact) mass is 360 g/mol. The molecular formula is C20H37ClO3. The summed E-state index contributed by atoms with van der Waals surface area (Å²) in [6.45, 7) is 3.09. The van der Waals surface area contributed by atoms with Gasteiger partial charge in [-0.05, 0) is 31.6 Å². The van der Waals surface area contributed by atoms with Crippen LogP contribution in [0.2, 0.25) is 0 Å². The molecule has 1 rings (SSSR count). The second-order valence-corrected chi connectivity index (χ2v) is 7.76. The van der Waals surface area contributed by atoms with Crippen molar-refractivity contribution in [2.75, 3.05) is 13.7 Å². The minimum absolute atomic E-state index is 0.0939. The van der Waals surface area contributed by atoms with Crippen LogP contribution in [0.1, 0.15) is 90.4 Å². The van der Waals surface area contributed by atoms with Crippen LogP contribution in [0, 0.1) is 5.92 Å². The fourth-order valence-corrected chi connectivity index (χ4v) is 3.85. The summed E-state index contributed by atoms with van der Waals surface area (Å²) in [5.41, 5.74) is 0. The molecule has 0 radical (unpaired) electrons. The molecule has 1 saturated heterocycles. The van der Waals surface area contributed by atoms with Gasteiger partial charge >= 0.3 is 5.97 Å². The van der Waals surface area contributed by atoms with E-state index in [9.17, 15) is 4.79 Å². The van der Waals surface area contributed by atoms with Crippen molar-refractivity contribution in [2.24, 2.45) is 5.92 Å². The molecule has 3 atom stereocenters. The Morgan fingerprint density at radius 2 is 1.71 bits per heavy atom. The molecule has 24 heavy (non-hydrogen) atoms. The third-order valence-electron chi connectivity index (χ3n) is 5.11. The summed E-state index contributed by atoms with van der Waals surface area (Å²) < 4.78 is 10.7. The quantitative estimate of drug-likeness (QED) is 0.234. The number of ether oxygens (including phenoxy) is 2. The lowest BCUT2D eigenvalue weighted by Gasteiger charge is -2.33. The number of alkyl halides is 1. The van der Waals surface area contributed by atoms with E-state index in [2.05, 4.69) is 11.7 Å². The minimum Gasteiger partial charge on any atom is -0.469 e. The number of rotatable bonds is 13. The average Bonchev–Trinajstić information content (AvgIpc) is 2.59. The number of hydrogen-bond acceptors (Lipinski definition) is 3. The molecule has 0 aliphatic carbocycles. The van der Waals surface area contributed by atoms with E-state index < -0.39 is 0 Å². The number of carbonyl (C=O) groups is 1. The zero-order valence-corrected chi connectivity index (χ0v) is 16.5. The first kappa shape index (κ1) is 21.8. The van der Waals surface area contributed by atoms with Crippen LogP contribution in [-0.2, 0) is 14.3 Å². The molecule has 1 fully saturated rings. The topological polar surface area (TPSA) is 35.5 Å². The predicted molar refractivity (Wildman–Crippen MR) is 101 cm³/mol. The molecule has 4 heteroatoms. The highest BCUT2D eigenvalue weighted by Gasteiger charge is 2.29. The van der Waals surface area contributed by atoms with E-state index in [0.29, 0.717) is 18.4 Å². The van der Waals surface area contributed by atoms with Crippen LogP contribution in [0.25, 0.3) is 0 Å². The van der Waals surface area contributed by atoms with Gasteiger partial charge in [0.05, 0.1) is 19.8 Å². The van der Waals surface area contributed by atoms with Crippen molar-refractivity contribution in [1.29, 1.82) is 0 Å². The fraction of sp³-hybridized carbons (Fsp3) is 0.950. The smallest absolute Gasteiger partial charge is 0.305 e. The zero-order chi connectivity index (χ0) is 17.6. The first-order valence-corrected chi connectivity index (χ1v) is 10.4. The van der Waals surface area contributed by atoms with Gasteiger partial charge in [-0.15, -0.1) is 11.6 Å². The van der Waals surface area contributed by atoms with Gasteiger partial charge < -0.3 is 9.47 Å². The van der Waals surface area contributed by atoms with E-state index in [0.717, 1.165) is 25.9 Å². The van der Waals surface area contributed by atoms with Crippen LogP contribution in [-0.4, -0.2) is 31.2 Å². The molecule has 0 saturated carbocycles. The number of unbranched alkanes of at least 4 members (excludes halogenated alkanes) is 7. The molecule has 0 aromatic rings. The lowest BCUT2D eigenvalue weighted by molar-refractivity contribution is -0.140. The van der Waals surface area contributed by atoms with Crippen molar-refractivity contribution in [2.45, 2.75) is 102 Å². The van der Waals surface area contributed by atoms with Crippen molar-refractivity contribution >= 4 is 17.6 Å². The van der Waals surface area contributed by atoms with E-state index in [1.54, 1.807) is 0 Å². The Morgan fingerprint density at radius 1 is 1.04 bits per heavy atom. The van der Waals surface area contributed by atoms with Gasteiger partial charge in [-0.2, -0.15) is 0 Å². The van der Waals surface area contributed by atoms with E-state index in [1.807, 2.05) is 0 Å². The molecule has 142 valence electrons. The number of halogens is 1. The van der Waals surface area contributed by atoms with Crippen LogP contribution in [0.3, 0.4) is 0 Å². The second kappa shape index (κ2) is 13.9. The van der Waals surface area contributed by atoms with Crippen LogP contribution in [0.5, 0.6) is 0 Å². The van der Waals surface area contributed by atoms with Gasteiger partial charge in [0.25, 0.3) is 0 Å². The molecule has 1 aliphatic rings. The van der Waals surface area contributed by atoms with Crippen molar-refractivity contribution in [1.82, 2.24) is 0 Å². The van der Waals surface area contributed by atoms with E-state index >= 15 is 0 Å². The molecule has 3 nitrogen and oxygen atoms in total. The van der Waals surface area contributed by atoms with Gasteiger partial charge in [0.2, 0.25) is 0 Å². The van der Waals surface area contributed by atoms with Gasteiger partial charge in [-0.25, -0.2) is 0 Å². The molecule has 0 amide bonds. The molecule has 0 N–H and O–H groups in total. The van der Waals surface area contributed by atoms with Crippen LogP contribution < -0.4 is 0 Å². The Kier molecular flexibility index (Phi) is 12.6. The first-order valence-electron chi connectivity index (χ1n) is 9.99. The van der Waals surface area contributed by atoms with E-state index in [4.69, 9.17) is 16.3 Å². The molecule has 1 heterocycles. The van der Waals surface area contributed by atoms with E-state index in [-0.39, 0.29) is 11.3 Å². The maximum absolute atomic E-state index is 11.0. The van der Waals surface area contributed by atoms with Gasteiger partial charge in [0.15, 0.2) is 0 Å². The van der Waals surface area contributed by atoms with Crippen molar-refractivity contribution in [3.63, 3.8) is 0 Å². The normalized spacial score (nSPS) is 24.0. The summed E-state index contributed by atoms with van der Waals surface area (Å²) in [6, 6.07) is 0. The van der Waals surface area contributed by atoms with Crippen LogP contribution >= 0.6 is 11.6 Å². The first-order chi connectivity index (χ1) is 11.7. The summed E-state index contributed by atoms with van der Waals surface area (Å²) in [7, 11) is 1.45. The largest absolute Gasteiger partial charge is 0.469 e. The van der Waals surface area contributed by atoms with Gasteiger partial charge in [0, 0.05) is 11.8 Å². The van der Waals surface area contributed by atoms with Crippen molar-refractivity contribution in [3.8, 4) is 0 Å². The number of carbonyl (C=O) groups excluding carboxylic acids is 1. The summed E-state index contributed by atoms with van der Waals surface area (Å²) in [5, 5.41) is 0.286. The van der Waals surface area contributed by atoms with E-state index in [1.165, 1.54) is 64.9 Å². The maximum atomic E-state index is 11.0.